The van der Waals surface area contributed by atoms with E-state index in [0.717, 1.165) is 43.9 Å². The monoisotopic (exact) mass is 454 g/mol. The summed E-state index contributed by atoms with van der Waals surface area (Å²) in [6.07, 6.45) is 1.45. The lowest BCUT2D eigenvalue weighted by atomic mass is 10.0. The van der Waals surface area contributed by atoms with Gasteiger partial charge in [0.15, 0.2) is 0 Å². The number of benzene rings is 2. The van der Waals surface area contributed by atoms with E-state index in [2.05, 4.69) is 15.3 Å². The van der Waals surface area contributed by atoms with E-state index in [1.807, 2.05) is 75.4 Å². The number of hydrogen-bond acceptors (Lipinski definition) is 5. The third kappa shape index (κ3) is 3.91. The van der Waals surface area contributed by atoms with Gasteiger partial charge in [-0.15, -0.1) is 11.3 Å². The van der Waals surface area contributed by atoms with E-state index >= 15 is 0 Å². The van der Waals surface area contributed by atoms with Gasteiger partial charge in [0.05, 0.1) is 11.8 Å². The van der Waals surface area contributed by atoms with Gasteiger partial charge in [-0.25, -0.2) is 9.97 Å². The van der Waals surface area contributed by atoms with Gasteiger partial charge in [-0.05, 0) is 49.6 Å². The lowest BCUT2D eigenvalue weighted by molar-refractivity contribution is -0.116. The predicted octanol–water partition coefficient (Wildman–Crippen LogP) is 5.24. The van der Waals surface area contributed by atoms with Gasteiger partial charge in [0, 0.05) is 16.8 Å². The molecule has 2 aromatic carbocycles. The van der Waals surface area contributed by atoms with Gasteiger partial charge in [0.2, 0.25) is 5.91 Å². The average Bonchev–Trinajstić information content (AvgIpc) is 3.17. The molecule has 5 rings (SSSR count). The Morgan fingerprint density at radius 2 is 1.85 bits per heavy atom. The summed E-state index contributed by atoms with van der Waals surface area (Å²) in [7, 11) is 0. The first-order chi connectivity index (χ1) is 15.9. The molecule has 0 saturated carbocycles. The van der Waals surface area contributed by atoms with E-state index < -0.39 is 0 Å². The summed E-state index contributed by atoms with van der Waals surface area (Å²) in [6, 6.07) is 17.9. The van der Waals surface area contributed by atoms with Crippen LogP contribution in [-0.4, -0.2) is 20.4 Å². The van der Waals surface area contributed by atoms with Crippen LogP contribution in [-0.2, 0) is 11.3 Å². The standard InChI is InChI=1S/C26H22N4O2S/c1-15-9-10-20(16(2)11-15)29-21(31)13-30-14-27-23-22-19(18-7-5-4-6-8-18)12-17(3)28-25(22)33-24(23)26(30)32/h4-12,14H,13H2,1-3H3,(H,29,31). The highest BCUT2D eigenvalue weighted by molar-refractivity contribution is 7.25. The number of thiophene rings is 1. The number of anilines is 1. The fourth-order valence-electron chi connectivity index (χ4n) is 4.04. The quantitative estimate of drug-likeness (QED) is 0.403. The number of carbonyl (C=O) groups excluding carboxylic acids is 1. The minimum absolute atomic E-state index is 0.110. The average molecular weight is 455 g/mol. The molecule has 5 aromatic rings. The summed E-state index contributed by atoms with van der Waals surface area (Å²) in [4.78, 5) is 35.9. The molecule has 6 nitrogen and oxygen atoms in total. The second-order valence-electron chi connectivity index (χ2n) is 8.18. The molecule has 3 heterocycles. The van der Waals surface area contributed by atoms with Crippen LogP contribution < -0.4 is 10.9 Å². The van der Waals surface area contributed by atoms with Crippen molar-refractivity contribution >= 4 is 43.4 Å². The van der Waals surface area contributed by atoms with Crippen molar-refractivity contribution in [1.82, 2.24) is 14.5 Å². The highest BCUT2D eigenvalue weighted by Crippen LogP contribution is 2.37. The van der Waals surface area contributed by atoms with Crippen molar-refractivity contribution in [3.63, 3.8) is 0 Å². The van der Waals surface area contributed by atoms with Crippen LogP contribution in [0.5, 0.6) is 0 Å². The van der Waals surface area contributed by atoms with E-state index in [9.17, 15) is 9.59 Å². The summed E-state index contributed by atoms with van der Waals surface area (Å²) in [5, 5.41) is 3.76. The number of hydrogen-bond donors (Lipinski definition) is 1. The molecule has 0 aliphatic carbocycles. The first-order valence-corrected chi connectivity index (χ1v) is 11.4. The molecule has 1 N–H and O–H groups in total. The van der Waals surface area contributed by atoms with E-state index in [1.54, 1.807) is 0 Å². The summed E-state index contributed by atoms with van der Waals surface area (Å²) in [6.45, 7) is 5.78. The Morgan fingerprint density at radius 1 is 1.06 bits per heavy atom. The zero-order valence-electron chi connectivity index (χ0n) is 18.5. The maximum absolute atomic E-state index is 13.3. The molecule has 0 bridgehead atoms. The van der Waals surface area contributed by atoms with Gasteiger partial charge in [0.25, 0.3) is 5.56 Å². The maximum atomic E-state index is 13.3. The van der Waals surface area contributed by atoms with Crippen molar-refractivity contribution in [2.45, 2.75) is 27.3 Å². The number of aromatic nitrogens is 3. The molecule has 1 amide bonds. The lowest BCUT2D eigenvalue weighted by Crippen LogP contribution is -2.27. The highest BCUT2D eigenvalue weighted by atomic mass is 32.1. The van der Waals surface area contributed by atoms with Crippen LogP contribution in [0, 0.1) is 20.8 Å². The molecule has 33 heavy (non-hydrogen) atoms. The summed E-state index contributed by atoms with van der Waals surface area (Å²) in [5.74, 6) is -0.273. The van der Waals surface area contributed by atoms with E-state index in [-0.39, 0.29) is 18.0 Å². The molecule has 0 saturated heterocycles. The van der Waals surface area contributed by atoms with Crippen LogP contribution in [0.3, 0.4) is 0 Å². The van der Waals surface area contributed by atoms with Crippen molar-refractivity contribution in [1.29, 1.82) is 0 Å². The Bertz CT molecular complexity index is 1590. The SMILES string of the molecule is Cc1ccc(NC(=O)Cn2cnc3c(sc4nc(C)cc(-c5ccccc5)c43)c2=O)c(C)c1. The van der Waals surface area contributed by atoms with Crippen LogP contribution in [0.15, 0.2) is 65.7 Å². The van der Waals surface area contributed by atoms with Crippen LogP contribution in [0.4, 0.5) is 5.69 Å². The summed E-state index contributed by atoms with van der Waals surface area (Å²) in [5.41, 5.74) is 6.15. The van der Waals surface area contributed by atoms with Crippen molar-refractivity contribution in [3.05, 3.63) is 88.1 Å². The Balaban J connectivity index is 1.55. The fraction of sp³-hybridized carbons (Fsp3) is 0.154. The number of nitrogens with one attached hydrogen (secondary N) is 1. The maximum Gasteiger partial charge on any atom is 0.271 e. The van der Waals surface area contributed by atoms with Crippen LogP contribution in [0.2, 0.25) is 0 Å². The third-order valence-corrected chi connectivity index (χ3v) is 6.66. The molecule has 0 fully saturated rings. The topological polar surface area (TPSA) is 76.9 Å². The lowest BCUT2D eigenvalue weighted by Gasteiger charge is -2.10. The van der Waals surface area contributed by atoms with Crippen LogP contribution in [0.25, 0.3) is 31.6 Å². The second-order valence-corrected chi connectivity index (χ2v) is 9.18. The van der Waals surface area contributed by atoms with Gasteiger partial charge < -0.3 is 5.32 Å². The smallest absolute Gasteiger partial charge is 0.271 e. The molecule has 7 heteroatoms. The number of carbonyl (C=O) groups is 1. The summed E-state index contributed by atoms with van der Waals surface area (Å²) >= 11 is 1.32. The largest absolute Gasteiger partial charge is 0.324 e. The van der Waals surface area contributed by atoms with Gasteiger partial charge in [-0.3, -0.25) is 14.2 Å². The molecule has 0 aliphatic rings. The second kappa shape index (κ2) is 8.26. The Hall–Kier alpha value is -3.84. The molecule has 0 aliphatic heterocycles. The van der Waals surface area contributed by atoms with Crippen molar-refractivity contribution in [2.24, 2.45) is 0 Å². The number of aryl methyl sites for hydroxylation is 3. The number of amides is 1. The number of fused-ring (bicyclic) bond motifs is 3. The minimum Gasteiger partial charge on any atom is -0.324 e. The van der Waals surface area contributed by atoms with E-state index in [0.29, 0.717) is 10.2 Å². The molecule has 3 aromatic heterocycles. The highest BCUT2D eigenvalue weighted by Gasteiger charge is 2.18. The molecule has 0 radical (unpaired) electrons. The van der Waals surface area contributed by atoms with Crippen molar-refractivity contribution in [3.8, 4) is 11.1 Å². The molecular weight excluding hydrogens is 432 g/mol. The third-order valence-electron chi connectivity index (χ3n) is 5.60. The van der Waals surface area contributed by atoms with E-state index in [4.69, 9.17) is 0 Å². The number of rotatable bonds is 4. The molecular formula is C26H22N4O2S. The molecule has 0 unspecified atom stereocenters. The van der Waals surface area contributed by atoms with Crippen molar-refractivity contribution < 1.29 is 4.79 Å². The zero-order valence-corrected chi connectivity index (χ0v) is 19.4. The Morgan fingerprint density at radius 3 is 2.61 bits per heavy atom. The normalized spacial score (nSPS) is 11.2. The zero-order chi connectivity index (χ0) is 23.1. The Labute approximate surface area is 194 Å². The van der Waals surface area contributed by atoms with Crippen molar-refractivity contribution in [2.75, 3.05) is 5.32 Å². The predicted molar refractivity (Wildman–Crippen MR) is 134 cm³/mol. The molecule has 164 valence electrons. The molecule has 0 atom stereocenters. The first-order valence-electron chi connectivity index (χ1n) is 10.6. The Kier molecular flexibility index (Phi) is 5.26. The fourth-order valence-corrected chi connectivity index (χ4v) is 5.19. The van der Waals surface area contributed by atoms with Gasteiger partial charge in [0.1, 0.15) is 16.1 Å². The van der Waals surface area contributed by atoms with Gasteiger partial charge >= 0.3 is 0 Å². The first kappa shape index (κ1) is 21.0. The van der Waals surface area contributed by atoms with E-state index in [1.165, 1.54) is 22.2 Å². The molecule has 0 spiro atoms. The minimum atomic E-state index is -0.273. The summed E-state index contributed by atoms with van der Waals surface area (Å²) < 4.78 is 1.85. The van der Waals surface area contributed by atoms with Gasteiger partial charge in [-0.2, -0.15) is 0 Å². The number of nitrogens with zero attached hydrogens (tertiary/aromatic N) is 3. The van der Waals surface area contributed by atoms with Gasteiger partial charge in [-0.1, -0.05) is 48.0 Å². The number of pyridine rings is 1. The van der Waals surface area contributed by atoms with Crippen LogP contribution >= 0.6 is 11.3 Å². The van der Waals surface area contributed by atoms with Crippen LogP contribution in [0.1, 0.15) is 16.8 Å².